The van der Waals surface area contributed by atoms with Crippen LogP contribution in [0, 0.1) is 5.92 Å². The fourth-order valence-corrected chi connectivity index (χ4v) is 3.90. The Hall–Kier alpha value is -2.28. The van der Waals surface area contributed by atoms with Crippen molar-refractivity contribution in [1.82, 2.24) is 4.90 Å². The zero-order valence-electron chi connectivity index (χ0n) is 14.4. The van der Waals surface area contributed by atoms with E-state index in [1.54, 1.807) is 7.11 Å². The predicted octanol–water partition coefficient (Wildman–Crippen LogP) is 1.48. The van der Waals surface area contributed by atoms with Gasteiger partial charge in [0.15, 0.2) is 11.5 Å². The lowest BCUT2D eigenvalue weighted by molar-refractivity contribution is -0.144. The number of rotatable bonds is 4. The van der Waals surface area contributed by atoms with Gasteiger partial charge in [0.2, 0.25) is 12.5 Å². The van der Waals surface area contributed by atoms with Crippen molar-refractivity contribution >= 4 is 11.8 Å². The van der Waals surface area contributed by atoms with Gasteiger partial charge in [-0.25, -0.2) is 0 Å². The minimum Gasteiger partial charge on any atom is -0.492 e. The maximum atomic E-state index is 12.7. The van der Waals surface area contributed by atoms with Gasteiger partial charge in [-0.05, 0) is 25.1 Å². The molecule has 0 aromatic heterocycles. The molecule has 3 aliphatic heterocycles. The molecule has 3 aliphatic rings. The van der Waals surface area contributed by atoms with Crippen molar-refractivity contribution in [2.24, 2.45) is 5.92 Å². The Bertz CT molecular complexity index is 731. The molecule has 0 N–H and O–H groups in total. The lowest BCUT2D eigenvalue weighted by Crippen LogP contribution is -2.35. The molecule has 0 saturated carbocycles. The first-order valence-corrected chi connectivity index (χ1v) is 8.49. The van der Waals surface area contributed by atoms with Gasteiger partial charge < -0.3 is 18.9 Å². The van der Waals surface area contributed by atoms with Crippen LogP contribution in [0.4, 0.5) is 0 Å². The summed E-state index contributed by atoms with van der Waals surface area (Å²) in [6, 6.07) is 1.82. The van der Waals surface area contributed by atoms with Crippen LogP contribution in [-0.2, 0) is 20.7 Å². The summed E-state index contributed by atoms with van der Waals surface area (Å²) in [5, 5.41) is 0. The maximum Gasteiger partial charge on any atom is 0.316 e. The van der Waals surface area contributed by atoms with Crippen molar-refractivity contribution in [3.05, 3.63) is 17.2 Å². The molecule has 3 heterocycles. The van der Waals surface area contributed by atoms with E-state index in [2.05, 4.69) is 4.90 Å². The van der Waals surface area contributed by atoms with Gasteiger partial charge in [-0.2, -0.15) is 0 Å². The Labute approximate surface area is 145 Å². The summed E-state index contributed by atoms with van der Waals surface area (Å²) in [6.45, 7) is 1.32. The fraction of sp³-hybridized carbons (Fsp3) is 0.556. The van der Waals surface area contributed by atoms with Crippen LogP contribution in [0.3, 0.4) is 0 Å². The number of hydrogen-bond acceptors (Lipinski definition) is 7. The zero-order valence-corrected chi connectivity index (χ0v) is 14.4. The molecule has 0 bridgehead atoms. The van der Waals surface area contributed by atoms with Gasteiger partial charge in [0, 0.05) is 31.0 Å². The summed E-state index contributed by atoms with van der Waals surface area (Å²) in [5.41, 5.74) is 2.06. The number of carbonyl (C=O) groups is 2. The van der Waals surface area contributed by atoms with E-state index in [0.29, 0.717) is 30.3 Å². The number of carbonyl (C=O) groups excluding carboxylic acids is 2. The normalized spacial score (nSPS) is 24.8. The number of benzene rings is 1. The molecule has 0 spiro atoms. The third kappa shape index (κ3) is 2.63. The minimum absolute atomic E-state index is 0.0769. The molecule has 7 heteroatoms. The third-order valence-corrected chi connectivity index (χ3v) is 5.27. The number of fused-ring (bicyclic) bond motifs is 2. The highest BCUT2D eigenvalue weighted by atomic mass is 16.7. The molecule has 1 fully saturated rings. The lowest BCUT2D eigenvalue weighted by Gasteiger charge is -2.35. The van der Waals surface area contributed by atoms with Crippen LogP contribution in [0.15, 0.2) is 6.07 Å². The predicted molar refractivity (Wildman–Crippen MR) is 86.9 cm³/mol. The van der Waals surface area contributed by atoms with Gasteiger partial charge >= 0.3 is 5.97 Å². The Morgan fingerprint density at radius 2 is 2.20 bits per heavy atom. The first kappa shape index (κ1) is 16.2. The molecule has 1 aromatic rings. The van der Waals surface area contributed by atoms with Crippen molar-refractivity contribution in [3.8, 4) is 17.2 Å². The number of methoxy groups -OCH3 is 1. The van der Waals surface area contributed by atoms with Gasteiger partial charge in [-0.1, -0.05) is 0 Å². The van der Waals surface area contributed by atoms with Gasteiger partial charge in [-0.3, -0.25) is 14.5 Å². The van der Waals surface area contributed by atoms with E-state index in [0.717, 1.165) is 24.1 Å². The molecule has 25 heavy (non-hydrogen) atoms. The van der Waals surface area contributed by atoms with Crippen LogP contribution in [0.25, 0.3) is 0 Å². The molecular weight excluding hydrogens is 326 g/mol. The van der Waals surface area contributed by atoms with E-state index in [4.69, 9.17) is 18.9 Å². The summed E-state index contributed by atoms with van der Waals surface area (Å²) >= 11 is 0. The molecule has 1 aromatic carbocycles. The Kier molecular flexibility index (Phi) is 4.03. The smallest absolute Gasteiger partial charge is 0.316 e. The molecule has 7 nitrogen and oxygen atoms in total. The van der Waals surface area contributed by atoms with Crippen molar-refractivity contribution < 1.29 is 28.5 Å². The average molecular weight is 347 g/mol. The van der Waals surface area contributed by atoms with Crippen LogP contribution >= 0.6 is 0 Å². The molecule has 1 saturated heterocycles. The van der Waals surface area contributed by atoms with E-state index in [1.165, 1.54) is 0 Å². The van der Waals surface area contributed by atoms with E-state index in [-0.39, 0.29) is 25.0 Å². The lowest BCUT2D eigenvalue weighted by atomic mass is 9.86. The van der Waals surface area contributed by atoms with Crippen LogP contribution in [-0.4, -0.2) is 50.8 Å². The fourth-order valence-electron chi connectivity index (χ4n) is 3.90. The van der Waals surface area contributed by atoms with Crippen LogP contribution in [0.5, 0.6) is 17.2 Å². The molecule has 134 valence electrons. The number of Topliss-reactive ketones (excluding diaryl/α,β-unsaturated/α-hetero) is 1. The third-order valence-electron chi connectivity index (χ3n) is 5.27. The van der Waals surface area contributed by atoms with Crippen molar-refractivity contribution in [2.45, 2.75) is 25.3 Å². The molecule has 0 aliphatic carbocycles. The number of likely N-dealkylation sites (N-methyl/N-ethyl adjacent to an activating group) is 1. The topological polar surface area (TPSA) is 74.3 Å². The first-order valence-electron chi connectivity index (χ1n) is 8.49. The van der Waals surface area contributed by atoms with Crippen LogP contribution in [0.2, 0.25) is 0 Å². The molecule has 0 amide bonds. The quantitative estimate of drug-likeness (QED) is 0.603. The Morgan fingerprint density at radius 1 is 1.36 bits per heavy atom. The van der Waals surface area contributed by atoms with Crippen molar-refractivity contribution in [3.63, 3.8) is 0 Å². The summed E-state index contributed by atoms with van der Waals surface area (Å²) < 4.78 is 21.6. The highest BCUT2D eigenvalue weighted by molar-refractivity contribution is 6.00. The van der Waals surface area contributed by atoms with E-state index >= 15 is 0 Å². The Balaban J connectivity index is 1.70. The number of esters is 1. The highest BCUT2D eigenvalue weighted by Crippen LogP contribution is 2.50. The monoisotopic (exact) mass is 347 g/mol. The molecule has 0 unspecified atom stereocenters. The number of nitrogens with zero attached hydrogens (tertiary/aromatic N) is 1. The summed E-state index contributed by atoms with van der Waals surface area (Å²) in [4.78, 5) is 26.6. The molecule has 0 radical (unpaired) electrons. The maximum absolute atomic E-state index is 12.7. The van der Waals surface area contributed by atoms with Gasteiger partial charge in [0.05, 0.1) is 13.7 Å². The summed E-state index contributed by atoms with van der Waals surface area (Å²) in [5.74, 6) is 0.786. The molecule has 2 atom stereocenters. The van der Waals surface area contributed by atoms with Crippen LogP contribution in [0.1, 0.15) is 30.0 Å². The highest BCUT2D eigenvalue weighted by Gasteiger charge is 2.39. The largest absolute Gasteiger partial charge is 0.492 e. The molecular formula is C18H21NO6. The van der Waals surface area contributed by atoms with Gasteiger partial charge in [0.25, 0.3) is 0 Å². The van der Waals surface area contributed by atoms with Crippen molar-refractivity contribution in [2.75, 3.05) is 34.1 Å². The average Bonchev–Trinajstić information content (AvgIpc) is 3.23. The van der Waals surface area contributed by atoms with E-state index in [1.807, 2.05) is 13.1 Å². The summed E-state index contributed by atoms with van der Waals surface area (Å²) in [7, 11) is 3.58. The second-order valence-corrected chi connectivity index (χ2v) is 6.64. The SMILES string of the molecule is COc1c2c(cc3c1[C@@H](CC(=O)[C@H]1CCOC1=O)N(C)CC3)OCO2. The Morgan fingerprint density at radius 3 is 2.92 bits per heavy atom. The summed E-state index contributed by atoms with van der Waals surface area (Å²) in [6.07, 6.45) is 1.56. The van der Waals surface area contributed by atoms with Crippen molar-refractivity contribution in [1.29, 1.82) is 0 Å². The number of ketones is 1. The van der Waals surface area contributed by atoms with Gasteiger partial charge in [-0.15, -0.1) is 0 Å². The standard InChI is InChI=1S/C18H21NO6/c1-19-5-3-10-7-14-16(25-9-24-14)17(22-2)15(10)12(19)8-13(20)11-4-6-23-18(11)21/h7,11-12H,3-6,8-9H2,1-2H3/t11-,12-/m1/s1. The number of ether oxygens (including phenoxy) is 4. The second-order valence-electron chi connectivity index (χ2n) is 6.64. The van der Waals surface area contributed by atoms with E-state index in [9.17, 15) is 9.59 Å². The van der Waals surface area contributed by atoms with E-state index < -0.39 is 11.9 Å². The van der Waals surface area contributed by atoms with Crippen LogP contribution < -0.4 is 14.2 Å². The number of cyclic esters (lactones) is 1. The minimum atomic E-state index is -0.640. The number of hydrogen-bond donors (Lipinski definition) is 0. The molecule has 4 rings (SSSR count). The first-order chi connectivity index (χ1) is 12.1. The second kappa shape index (κ2) is 6.22. The van der Waals surface area contributed by atoms with Gasteiger partial charge in [0.1, 0.15) is 11.7 Å². The zero-order chi connectivity index (χ0) is 17.6.